The zero-order valence-electron chi connectivity index (χ0n) is 14.7. The van der Waals surface area contributed by atoms with Crippen molar-refractivity contribution in [1.82, 2.24) is 5.32 Å². The third kappa shape index (κ3) is 5.51. The van der Waals surface area contributed by atoms with Gasteiger partial charge < -0.3 is 11.1 Å². The van der Waals surface area contributed by atoms with Crippen LogP contribution in [0.15, 0.2) is 53.4 Å². The van der Waals surface area contributed by atoms with E-state index < -0.39 is 15.8 Å². The average molecular weight is 391 g/mol. The van der Waals surface area contributed by atoms with Gasteiger partial charge in [-0.3, -0.25) is 9.52 Å². The third-order valence-corrected chi connectivity index (χ3v) is 5.85. The van der Waals surface area contributed by atoms with Crippen molar-refractivity contribution in [3.63, 3.8) is 0 Å². The van der Waals surface area contributed by atoms with Gasteiger partial charge in [0.15, 0.2) is 0 Å². The van der Waals surface area contributed by atoms with E-state index in [0.717, 1.165) is 30.5 Å². The first-order valence-electron chi connectivity index (χ1n) is 8.73. The van der Waals surface area contributed by atoms with E-state index in [1.165, 1.54) is 12.1 Å². The predicted octanol–water partition coefficient (Wildman–Crippen LogP) is 2.02. The second kappa shape index (κ2) is 8.06. The molecule has 0 bridgehead atoms. The monoisotopic (exact) mass is 391 g/mol. The molecule has 2 aromatic rings. The van der Waals surface area contributed by atoms with Crippen LogP contribution in [-0.2, 0) is 21.2 Å². The van der Waals surface area contributed by atoms with Crippen LogP contribution < -0.4 is 15.8 Å². The lowest BCUT2D eigenvalue weighted by Gasteiger charge is -2.12. The highest BCUT2D eigenvalue weighted by Gasteiger charge is 2.28. The highest BCUT2D eigenvalue weighted by molar-refractivity contribution is 7.92. The molecule has 0 spiro atoms. The van der Waals surface area contributed by atoms with Gasteiger partial charge in [-0.1, -0.05) is 12.1 Å². The van der Waals surface area contributed by atoms with Crippen molar-refractivity contribution < 1.29 is 17.6 Å². The van der Waals surface area contributed by atoms with Gasteiger partial charge in [-0.05, 0) is 60.7 Å². The lowest BCUT2D eigenvalue weighted by atomic mass is 10.1. The Hall–Kier alpha value is -2.45. The summed E-state index contributed by atoms with van der Waals surface area (Å²) >= 11 is 0. The fraction of sp³-hybridized carbons (Fsp3) is 0.316. The number of hydrogen-bond donors (Lipinski definition) is 3. The van der Waals surface area contributed by atoms with Crippen molar-refractivity contribution in [3.8, 4) is 0 Å². The summed E-state index contributed by atoms with van der Waals surface area (Å²) in [5.74, 6) is -0.0980. The minimum atomic E-state index is -3.80. The molecule has 144 valence electrons. The van der Waals surface area contributed by atoms with Crippen molar-refractivity contribution in [2.45, 2.75) is 30.2 Å². The summed E-state index contributed by atoms with van der Waals surface area (Å²) in [4.78, 5) is 11.9. The minimum absolute atomic E-state index is 0.0113. The molecule has 1 aliphatic carbocycles. The van der Waals surface area contributed by atoms with Crippen molar-refractivity contribution >= 4 is 21.6 Å². The Morgan fingerprint density at radius 1 is 1.11 bits per heavy atom. The van der Waals surface area contributed by atoms with Crippen LogP contribution in [0.1, 0.15) is 18.4 Å². The first-order valence-corrected chi connectivity index (χ1v) is 10.2. The molecule has 0 radical (unpaired) electrons. The van der Waals surface area contributed by atoms with E-state index in [1.807, 2.05) is 0 Å². The molecule has 1 atom stereocenters. The van der Waals surface area contributed by atoms with Gasteiger partial charge in [-0.25, -0.2) is 12.8 Å². The van der Waals surface area contributed by atoms with Crippen LogP contribution in [0.2, 0.25) is 0 Å². The van der Waals surface area contributed by atoms with E-state index in [9.17, 15) is 17.6 Å². The van der Waals surface area contributed by atoms with Crippen LogP contribution >= 0.6 is 0 Å². The van der Waals surface area contributed by atoms with Crippen LogP contribution in [0.4, 0.5) is 10.1 Å². The fourth-order valence-corrected chi connectivity index (χ4v) is 3.75. The summed E-state index contributed by atoms with van der Waals surface area (Å²) < 4.78 is 39.9. The number of carbonyl (C=O) groups excluding carboxylic acids is 1. The van der Waals surface area contributed by atoms with Crippen LogP contribution in [0.3, 0.4) is 0 Å². The van der Waals surface area contributed by atoms with Crippen LogP contribution in [0.5, 0.6) is 0 Å². The van der Waals surface area contributed by atoms with Gasteiger partial charge in [0, 0.05) is 18.3 Å². The summed E-state index contributed by atoms with van der Waals surface area (Å²) in [5, 5.41) is 2.83. The number of carbonyl (C=O) groups is 1. The summed E-state index contributed by atoms with van der Waals surface area (Å²) in [6, 6.07) is 11.1. The highest BCUT2D eigenvalue weighted by Crippen LogP contribution is 2.31. The Morgan fingerprint density at radius 2 is 1.74 bits per heavy atom. The zero-order valence-corrected chi connectivity index (χ0v) is 15.5. The standard InChI is InChI=1S/C19H22FN3O3S/c20-15-5-9-17(10-6-15)27(25,26)23-16-7-1-13(2-8-16)11-19(24)22-12-18(21)14-3-4-14/h1-2,5-10,14,18,23H,3-4,11-12,21H2,(H,22,24). The molecule has 1 aliphatic rings. The minimum Gasteiger partial charge on any atom is -0.354 e. The molecular weight excluding hydrogens is 369 g/mol. The number of amides is 1. The van der Waals surface area contributed by atoms with Gasteiger partial charge >= 0.3 is 0 Å². The summed E-state index contributed by atoms with van der Waals surface area (Å²) in [6.07, 6.45) is 2.46. The van der Waals surface area contributed by atoms with Gasteiger partial charge in [0.1, 0.15) is 5.82 Å². The number of rotatable bonds is 8. The van der Waals surface area contributed by atoms with Crippen LogP contribution in [-0.4, -0.2) is 26.9 Å². The number of nitrogens with one attached hydrogen (secondary N) is 2. The van der Waals surface area contributed by atoms with Crippen molar-refractivity contribution in [2.24, 2.45) is 11.7 Å². The molecule has 1 unspecified atom stereocenters. The molecule has 27 heavy (non-hydrogen) atoms. The van der Waals surface area contributed by atoms with Gasteiger partial charge in [0.2, 0.25) is 5.91 Å². The van der Waals surface area contributed by atoms with Crippen LogP contribution in [0.25, 0.3) is 0 Å². The molecule has 4 N–H and O–H groups in total. The van der Waals surface area contributed by atoms with E-state index in [4.69, 9.17) is 5.73 Å². The molecule has 0 saturated heterocycles. The van der Waals surface area contributed by atoms with Gasteiger partial charge in [-0.15, -0.1) is 0 Å². The molecule has 0 aromatic heterocycles. The number of anilines is 1. The molecule has 8 heteroatoms. The number of sulfonamides is 1. The largest absolute Gasteiger partial charge is 0.354 e. The molecule has 1 amide bonds. The second-order valence-electron chi connectivity index (χ2n) is 6.74. The molecule has 3 rings (SSSR count). The fourth-order valence-electron chi connectivity index (χ4n) is 2.69. The van der Waals surface area contributed by atoms with E-state index in [-0.39, 0.29) is 23.3 Å². The van der Waals surface area contributed by atoms with Crippen LogP contribution in [0, 0.1) is 11.7 Å². The number of hydrogen-bond acceptors (Lipinski definition) is 4. The normalized spacial score (nSPS) is 15.2. The molecular formula is C19H22FN3O3S. The van der Waals surface area contributed by atoms with Crippen molar-refractivity contribution in [1.29, 1.82) is 0 Å². The topological polar surface area (TPSA) is 101 Å². The third-order valence-electron chi connectivity index (χ3n) is 4.46. The maximum atomic E-state index is 12.9. The second-order valence-corrected chi connectivity index (χ2v) is 8.42. The smallest absolute Gasteiger partial charge is 0.261 e. The predicted molar refractivity (Wildman–Crippen MR) is 101 cm³/mol. The Kier molecular flexibility index (Phi) is 5.76. The molecule has 2 aromatic carbocycles. The SMILES string of the molecule is NC(CNC(=O)Cc1ccc(NS(=O)(=O)c2ccc(F)cc2)cc1)C1CC1. The quantitative estimate of drug-likeness (QED) is 0.641. The van der Waals surface area contributed by atoms with E-state index in [1.54, 1.807) is 24.3 Å². The average Bonchev–Trinajstić information content (AvgIpc) is 3.47. The summed E-state index contributed by atoms with van der Waals surface area (Å²) in [7, 11) is -3.80. The Balaban J connectivity index is 1.54. The Bertz CT molecular complexity index is 895. The first-order chi connectivity index (χ1) is 12.8. The van der Waals surface area contributed by atoms with Crippen molar-refractivity contribution in [3.05, 3.63) is 59.9 Å². The van der Waals surface area contributed by atoms with Gasteiger partial charge in [-0.2, -0.15) is 0 Å². The maximum absolute atomic E-state index is 12.9. The summed E-state index contributed by atoms with van der Waals surface area (Å²) in [5.41, 5.74) is 7.08. The summed E-state index contributed by atoms with van der Waals surface area (Å²) in [6.45, 7) is 0.471. The zero-order chi connectivity index (χ0) is 19.4. The molecule has 1 saturated carbocycles. The van der Waals surface area contributed by atoms with E-state index >= 15 is 0 Å². The van der Waals surface area contributed by atoms with Gasteiger partial charge in [0.05, 0.1) is 11.3 Å². The lowest BCUT2D eigenvalue weighted by molar-refractivity contribution is -0.120. The molecule has 0 heterocycles. The molecule has 6 nitrogen and oxygen atoms in total. The van der Waals surface area contributed by atoms with E-state index in [0.29, 0.717) is 18.2 Å². The molecule has 0 aliphatic heterocycles. The van der Waals surface area contributed by atoms with E-state index in [2.05, 4.69) is 10.0 Å². The molecule has 1 fully saturated rings. The lowest BCUT2D eigenvalue weighted by Crippen LogP contribution is -2.39. The first kappa shape index (κ1) is 19.3. The maximum Gasteiger partial charge on any atom is 0.261 e. The van der Waals surface area contributed by atoms with Crippen molar-refractivity contribution in [2.75, 3.05) is 11.3 Å². The number of halogens is 1. The Morgan fingerprint density at radius 3 is 2.33 bits per heavy atom. The van der Waals surface area contributed by atoms with Gasteiger partial charge in [0.25, 0.3) is 10.0 Å². The Labute approximate surface area is 158 Å². The number of nitrogens with two attached hydrogens (primary N) is 1. The highest BCUT2D eigenvalue weighted by atomic mass is 32.2. The number of benzene rings is 2.